The summed E-state index contributed by atoms with van der Waals surface area (Å²) in [5, 5.41) is 0. The maximum atomic E-state index is 12.7. The molecule has 4 rings (SSSR count). The van der Waals surface area contributed by atoms with Gasteiger partial charge >= 0.3 is 5.97 Å². The van der Waals surface area contributed by atoms with Gasteiger partial charge in [-0.25, -0.2) is 4.79 Å². The topological polar surface area (TPSA) is 79.7 Å². The van der Waals surface area contributed by atoms with Gasteiger partial charge in [0.15, 0.2) is 24.2 Å². The largest absolute Gasteiger partial charge is 0.486 e. The molecule has 2 aromatic heterocycles. The van der Waals surface area contributed by atoms with Crippen LogP contribution in [0.1, 0.15) is 37.8 Å². The van der Waals surface area contributed by atoms with Crippen LogP contribution in [0.3, 0.4) is 0 Å². The lowest BCUT2D eigenvalue weighted by molar-refractivity contribution is 0.0474. The lowest BCUT2D eigenvalue weighted by Crippen LogP contribution is -2.33. The SMILES string of the molecule is Cc1ccc(C(=O)OCC(=O)c2cc(C)n(CC3COc4ccccc4O3)c2C)cn1. The number of aryl methyl sites for hydroxylation is 2. The van der Waals surface area contributed by atoms with Crippen LogP contribution in [-0.2, 0) is 11.3 Å². The van der Waals surface area contributed by atoms with Crippen molar-refractivity contribution in [2.45, 2.75) is 33.4 Å². The Morgan fingerprint density at radius 1 is 1.13 bits per heavy atom. The average Bonchev–Trinajstić information content (AvgIpc) is 3.06. The van der Waals surface area contributed by atoms with Crippen molar-refractivity contribution in [1.29, 1.82) is 0 Å². The highest BCUT2D eigenvalue weighted by atomic mass is 16.6. The Morgan fingerprint density at radius 3 is 2.65 bits per heavy atom. The van der Waals surface area contributed by atoms with E-state index in [1.54, 1.807) is 12.1 Å². The molecule has 3 aromatic rings. The Labute approximate surface area is 180 Å². The van der Waals surface area contributed by atoms with Gasteiger partial charge in [0.25, 0.3) is 0 Å². The number of nitrogens with zero attached hydrogens (tertiary/aromatic N) is 2. The van der Waals surface area contributed by atoms with Crippen LogP contribution in [0.4, 0.5) is 0 Å². The van der Waals surface area contributed by atoms with Crippen LogP contribution in [0.2, 0.25) is 0 Å². The van der Waals surface area contributed by atoms with Gasteiger partial charge in [-0.2, -0.15) is 0 Å². The first kappa shape index (κ1) is 20.7. The first-order chi connectivity index (χ1) is 14.9. The number of hydrogen-bond acceptors (Lipinski definition) is 6. The summed E-state index contributed by atoms with van der Waals surface area (Å²) in [4.78, 5) is 28.9. The molecule has 1 aromatic carbocycles. The Morgan fingerprint density at radius 2 is 1.90 bits per heavy atom. The van der Waals surface area contributed by atoms with Gasteiger partial charge in [-0.15, -0.1) is 0 Å². The second-order valence-corrected chi connectivity index (χ2v) is 7.58. The van der Waals surface area contributed by atoms with Crippen molar-refractivity contribution in [2.24, 2.45) is 0 Å². The molecule has 0 radical (unpaired) electrons. The summed E-state index contributed by atoms with van der Waals surface area (Å²) in [7, 11) is 0. The van der Waals surface area contributed by atoms with Crippen LogP contribution in [0.5, 0.6) is 11.5 Å². The third kappa shape index (κ3) is 4.45. The molecule has 0 fully saturated rings. The summed E-state index contributed by atoms with van der Waals surface area (Å²) >= 11 is 0. The van der Waals surface area contributed by atoms with Crippen LogP contribution in [0.15, 0.2) is 48.7 Å². The van der Waals surface area contributed by atoms with E-state index in [4.69, 9.17) is 14.2 Å². The third-order valence-corrected chi connectivity index (χ3v) is 5.31. The second-order valence-electron chi connectivity index (χ2n) is 7.58. The Bertz CT molecular complexity index is 1120. The van der Waals surface area contributed by atoms with Gasteiger partial charge in [-0.3, -0.25) is 9.78 Å². The molecule has 1 aliphatic rings. The number of Topliss-reactive ketones (excluding diaryl/α,β-unsaturated/α-hetero) is 1. The van der Waals surface area contributed by atoms with E-state index in [0.29, 0.717) is 24.3 Å². The monoisotopic (exact) mass is 420 g/mol. The smallest absolute Gasteiger partial charge is 0.340 e. The van der Waals surface area contributed by atoms with Gasteiger partial charge in [0.05, 0.1) is 12.1 Å². The van der Waals surface area contributed by atoms with Gasteiger partial charge in [-0.1, -0.05) is 12.1 Å². The number of fused-ring (bicyclic) bond motifs is 1. The number of aromatic nitrogens is 2. The minimum Gasteiger partial charge on any atom is -0.486 e. The number of carbonyl (C=O) groups is 2. The predicted octanol–water partition coefficient (Wildman–Crippen LogP) is 3.69. The third-order valence-electron chi connectivity index (χ3n) is 5.31. The normalized spacial score (nSPS) is 14.9. The fourth-order valence-electron chi connectivity index (χ4n) is 3.60. The van der Waals surface area contributed by atoms with Crippen LogP contribution in [0.25, 0.3) is 0 Å². The number of rotatable bonds is 6. The number of esters is 1. The summed E-state index contributed by atoms with van der Waals surface area (Å²) in [6, 6.07) is 12.7. The van der Waals surface area contributed by atoms with Crippen molar-refractivity contribution < 1.29 is 23.8 Å². The van der Waals surface area contributed by atoms with Crippen molar-refractivity contribution in [2.75, 3.05) is 13.2 Å². The minimum absolute atomic E-state index is 0.172. The summed E-state index contributed by atoms with van der Waals surface area (Å²) in [6.07, 6.45) is 1.27. The maximum absolute atomic E-state index is 12.7. The molecule has 0 saturated carbocycles. The molecule has 0 N–H and O–H groups in total. The van der Waals surface area contributed by atoms with Crippen molar-refractivity contribution in [3.05, 3.63) is 76.9 Å². The van der Waals surface area contributed by atoms with Gasteiger partial charge in [0.2, 0.25) is 5.78 Å². The number of carbonyl (C=O) groups excluding carboxylic acids is 2. The number of ketones is 1. The summed E-state index contributed by atoms with van der Waals surface area (Å²) in [5.74, 6) is 0.635. The molecule has 0 spiro atoms. The molecule has 31 heavy (non-hydrogen) atoms. The van der Waals surface area contributed by atoms with E-state index in [9.17, 15) is 9.59 Å². The molecule has 1 aliphatic heterocycles. The zero-order chi connectivity index (χ0) is 22.0. The van der Waals surface area contributed by atoms with Crippen LogP contribution in [0, 0.1) is 20.8 Å². The fraction of sp³-hybridized carbons (Fsp3) is 0.292. The summed E-state index contributed by atoms with van der Waals surface area (Å²) in [5.41, 5.74) is 3.38. The zero-order valence-corrected chi connectivity index (χ0v) is 17.8. The lowest BCUT2D eigenvalue weighted by Gasteiger charge is -2.27. The number of hydrogen-bond donors (Lipinski definition) is 0. The first-order valence-corrected chi connectivity index (χ1v) is 10.1. The summed E-state index contributed by atoms with van der Waals surface area (Å²) < 4.78 is 19.1. The Kier molecular flexibility index (Phi) is 5.75. The van der Waals surface area contributed by atoms with Crippen molar-refractivity contribution >= 4 is 11.8 Å². The van der Waals surface area contributed by atoms with E-state index in [-0.39, 0.29) is 18.5 Å². The fourth-order valence-corrected chi connectivity index (χ4v) is 3.60. The van der Waals surface area contributed by atoms with Crippen LogP contribution in [-0.4, -0.2) is 40.6 Å². The minimum atomic E-state index is -0.568. The molecule has 7 heteroatoms. The highest BCUT2D eigenvalue weighted by molar-refractivity contribution is 6.00. The molecule has 0 amide bonds. The first-order valence-electron chi connectivity index (χ1n) is 10.1. The van der Waals surface area contributed by atoms with Gasteiger partial charge in [0, 0.05) is 28.8 Å². The van der Waals surface area contributed by atoms with E-state index < -0.39 is 5.97 Å². The van der Waals surface area contributed by atoms with Crippen LogP contribution >= 0.6 is 0 Å². The van der Waals surface area contributed by atoms with Crippen molar-refractivity contribution in [1.82, 2.24) is 9.55 Å². The molecule has 1 unspecified atom stereocenters. The number of benzene rings is 1. The van der Waals surface area contributed by atoms with E-state index in [2.05, 4.69) is 4.98 Å². The van der Waals surface area contributed by atoms with E-state index in [0.717, 1.165) is 28.6 Å². The summed E-state index contributed by atoms with van der Waals surface area (Å²) in [6.45, 7) is 6.30. The molecule has 0 bridgehead atoms. The van der Waals surface area contributed by atoms with Crippen molar-refractivity contribution in [3.8, 4) is 11.5 Å². The molecule has 0 saturated heterocycles. The molecule has 0 aliphatic carbocycles. The van der Waals surface area contributed by atoms with Crippen LogP contribution < -0.4 is 9.47 Å². The number of ether oxygens (including phenoxy) is 3. The van der Waals surface area contributed by atoms with E-state index in [1.165, 1.54) is 6.20 Å². The predicted molar refractivity (Wildman–Crippen MR) is 114 cm³/mol. The Balaban J connectivity index is 1.41. The van der Waals surface area contributed by atoms with Crippen molar-refractivity contribution in [3.63, 3.8) is 0 Å². The van der Waals surface area contributed by atoms with Gasteiger partial charge in [0.1, 0.15) is 6.61 Å². The number of pyridine rings is 1. The standard InChI is InChI=1S/C24H24N2O5/c1-15-8-9-18(11-25-15)24(28)30-14-21(27)20-10-16(2)26(17(20)3)12-19-13-29-22-6-4-5-7-23(22)31-19/h4-11,19H,12-14H2,1-3H3. The molecule has 160 valence electrons. The average molecular weight is 420 g/mol. The second kappa shape index (κ2) is 8.63. The molecular formula is C24H24N2O5. The Hall–Kier alpha value is -3.61. The van der Waals surface area contributed by atoms with E-state index >= 15 is 0 Å². The van der Waals surface area contributed by atoms with E-state index in [1.807, 2.05) is 55.7 Å². The van der Waals surface area contributed by atoms with Gasteiger partial charge in [-0.05, 0) is 51.1 Å². The quantitative estimate of drug-likeness (QED) is 0.447. The molecule has 7 nitrogen and oxygen atoms in total. The highest BCUT2D eigenvalue weighted by Crippen LogP contribution is 2.31. The maximum Gasteiger partial charge on any atom is 0.340 e. The van der Waals surface area contributed by atoms with Gasteiger partial charge < -0.3 is 18.8 Å². The highest BCUT2D eigenvalue weighted by Gasteiger charge is 2.24. The number of para-hydroxylation sites is 2. The zero-order valence-electron chi connectivity index (χ0n) is 17.8. The molecule has 3 heterocycles. The molecule has 1 atom stereocenters. The molecular weight excluding hydrogens is 396 g/mol. The lowest BCUT2D eigenvalue weighted by atomic mass is 10.1.